The van der Waals surface area contributed by atoms with E-state index >= 15 is 0 Å². The normalized spacial score (nSPS) is 15.4. The highest BCUT2D eigenvalue weighted by molar-refractivity contribution is 9.09. The largest absolute Gasteiger partial charge is 0.301 e. The first kappa shape index (κ1) is 16.4. The van der Waals surface area contributed by atoms with Crippen LogP contribution in [0.2, 0.25) is 0 Å². The molecule has 0 aromatic heterocycles. The Kier molecular flexibility index (Phi) is 10.9. The van der Waals surface area contributed by atoms with Crippen molar-refractivity contribution in [3.63, 3.8) is 0 Å². The summed E-state index contributed by atoms with van der Waals surface area (Å²) in [4.78, 5) is 2.67. The first-order valence-electron chi connectivity index (χ1n) is 6.95. The third-order valence-electron chi connectivity index (χ3n) is 3.52. The molecule has 2 unspecified atom stereocenters. The summed E-state index contributed by atoms with van der Waals surface area (Å²) in [5, 5.41) is 1.15. The molecule has 0 bridgehead atoms. The van der Waals surface area contributed by atoms with Crippen LogP contribution in [0, 0.1) is 5.92 Å². The van der Waals surface area contributed by atoms with Gasteiger partial charge in [-0.25, -0.2) is 0 Å². The van der Waals surface area contributed by atoms with E-state index in [-0.39, 0.29) is 0 Å². The Hall–Kier alpha value is 0.440. The van der Waals surface area contributed by atoms with Crippen LogP contribution in [0.1, 0.15) is 59.8 Å². The van der Waals surface area contributed by atoms with Crippen LogP contribution >= 0.6 is 15.9 Å². The van der Waals surface area contributed by atoms with E-state index in [1.807, 2.05) is 0 Å². The minimum Gasteiger partial charge on any atom is -0.301 e. The lowest BCUT2D eigenvalue weighted by molar-refractivity contribution is 0.188. The zero-order valence-corrected chi connectivity index (χ0v) is 13.2. The number of halogens is 1. The Morgan fingerprint density at radius 2 is 1.75 bits per heavy atom. The maximum Gasteiger partial charge on any atom is 0.00643 e. The number of hydrogen-bond donors (Lipinski definition) is 0. The van der Waals surface area contributed by atoms with Gasteiger partial charge >= 0.3 is 0 Å². The van der Waals surface area contributed by atoms with Crippen LogP contribution in [0.4, 0.5) is 0 Å². The number of alkyl halides is 1. The molecule has 0 amide bonds. The second kappa shape index (κ2) is 10.6. The minimum absolute atomic E-state index is 0.753. The predicted octanol–water partition coefficient (Wildman–Crippen LogP) is 4.70. The molecule has 2 heteroatoms. The Bertz CT molecular complexity index is 150. The van der Waals surface area contributed by atoms with Crippen molar-refractivity contribution in [2.24, 2.45) is 5.92 Å². The van der Waals surface area contributed by atoms with Gasteiger partial charge in [-0.15, -0.1) is 0 Å². The highest BCUT2D eigenvalue weighted by Crippen LogP contribution is 2.13. The summed E-state index contributed by atoms with van der Waals surface area (Å²) in [6, 6.07) is 0.753. The first-order chi connectivity index (χ1) is 7.65. The maximum atomic E-state index is 3.53. The van der Waals surface area contributed by atoms with Crippen molar-refractivity contribution in [3.8, 4) is 0 Å². The fourth-order valence-electron chi connectivity index (χ4n) is 1.89. The quantitative estimate of drug-likeness (QED) is 0.528. The molecule has 16 heavy (non-hydrogen) atoms. The zero-order chi connectivity index (χ0) is 12.4. The van der Waals surface area contributed by atoms with Crippen molar-refractivity contribution >= 4 is 15.9 Å². The van der Waals surface area contributed by atoms with Crippen molar-refractivity contribution in [1.29, 1.82) is 0 Å². The van der Waals surface area contributed by atoms with Crippen molar-refractivity contribution in [3.05, 3.63) is 0 Å². The Morgan fingerprint density at radius 3 is 2.25 bits per heavy atom. The van der Waals surface area contributed by atoms with E-state index in [1.165, 1.54) is 45.2 Å². The fraction of sp³-hybridized carbons (Fsp3) is 1.00. The van der Waals surface area contributed by atoms with E-state index < -0.39 is 0 Å². The molecule has 0 heterocycles. The molecule has 0 aliphatic carbocycles. The Labute approximate surface area is 111 Å². The van der Waals surface area contributed by atoms with Gasteiger partial charge in [0, 0.05) is 11.4 Å². The van der Waals surface area contributed by atoms with Gasteiger partial charge in [0.05, 0.1) is 0 Å². The molecule has 0 aliphatic rings. The molecule has 0 radical (unpaired) electrons. The standard InChI is InChI=1S/C14H30BrN/c1-5-7-11-16(14(4)6-2)12-9-13(3)8-10-15/h13-14H,5-12H2,1-4H3. The monoisotopic (exact) mass is 291 g/mol. The number of unbranched alkanes of at least 4 members (excludes halogenated alkanes) is 1. The summed E-state index contributed by atoms with van der Waals surface area (Å²) in [5.41, 5.74) is 0. The molecular weight excluding hydrogens is 262 g/mol. The maximum absolute atomic E-state index is 3.53. The summed E-state index contributed by atoms with van der Waals surface area (Å²) in [5.74, 6) is 0.854. The average Bonchev–Trinajstić information content (AvgIpc) is 2.28. The summed E-state index contributed by atoms with van der Waals surface area (Å²) in [7, 11) is 0. The van der Waals surface area contributed by atoms with Gasteiger partial charge in [0.2, 0.25) is 0 Å². The second-order valence-corrected chi connectivity index (χ2v) is 5.81. The summed E-state index contributed by atoms with van der Waals surface area (Å²) in [6.45, 7) is 11.9. The van der Waals surface area contributed by atoms with Crippen LogP contribution in [0.3, 0.4) is 0 Å². The van der Waals surface area contributed by atoms with E-state index in [4.69, 9.17) is 0 Å². The van der Waals surface area contributed by atoms with E-state index in [2.05, 4.69) is 48.5 Å². The number of hydrogen-bond acceptors (Lipinski definition) is 1. The lowest BCUT2D eigenvalue weighted by atomic mass is 10.0. The lowest BCUT2D eigenvalue weighted by Crippen LogP contribution is -2.35. The van der Waals surface area contributed by atoms with Gasteiger partial charge < -0.3 is 4.90 Å². The third kappa shape index (κ3) is 7.67. The van der Waals surface area contributed by atoms with Crippen LogP contribution in [0.15, 0.2) is 0 Å². The zero-order valence-electron chi connectivity index (χ0n) is 11.6. The molecule has 1 nitrogen and oxygen atoms in total. The second-order valence-electron chi connectivity index (χ2n) is 5.02. The molecule has 0 aromatic carbocycles. The lowest BCUT2D eigenvalue weighted by Gasteiger charge is -2.29. The number of rotatable bonds is 10. The van der Waals surface area contributed by atoms with E-state index in [0.29, 0.717) is 0 Å². The summed E-state index contributed by atoms with van der Waals surface area (Å²) < 4.78 is 0. The van der Waals surface area contributed by atoms with E-state index in [9.17, 15) is 0 Å². The molecule has 0 N–H and O–H groups in total. The van der Waals surface area contributed by atoms with E-state index in [0.717, 1.165) is 17.3 Å². The van der Waals surface area contributed by atoms with Crippen LogP contribution in [-0.2, 0) is 0 Å². The Morgan fingerprint density at radius 1 is 1.06 bits per heavy atom. The van der Waals surface area contributed by atoms with Crippen molar-refractivity contribution in [2.75, 3.05) is 18.4 Å². The highest BCUT2D eigenvalue weighted by Gasteiger charge is 2.12. The molecule has 0 aromatic rings. The van der Waals surface area contributed by atoms with Gasteiger partial charge in [0.15, 0.2) is 0 Å². The van der Waals surface area contributed by atoms with Gasteiger partial charge in [-0.1, -0.05) is 43.1 Å². The van der Waals surface area contributed by atoms with Crippen LogP contribution < -0.4 is 0 Å². The van der Waals surface area contributed by atoms with Crippen molar-refractivity contribution in [2.45, 2.75) is 65.8 Å². The van der Waals surface area contributed by atoms with Crippen LogP contribution in [0.25, 0.3) is 0 Å². The van der Waals surface area contributed by atoms with Gasteiger partial charge in [-0.2, -0.15) is 0 Å². The number of nitrogens with zero attached hydrogens (tertiary/aromatic N) is 1. The smallest absolute Gasteiger partial charge is 0.00643 e. The van der Waals surface area contributed by atoms with Gasteiger partial charge in [-0.3, -0.25) is 0 Å². The van der Waals surface area contributed by atoms with Crippen LogP contribution in [-0.4, -0.2) is 29.4 Å². The fourth-order valence-corrected chi connectivity index (χ4v) is 2.67. The molecule has 0 aliphatic heterocycles. The molecule has 0 saturated carbocycles. The minimum atomic E-state index is 0.753. The molecule has 2 atom stereocenters. The molecule has 0 fully saturated rings. The van der Waals surface area contributed by atoms with Crippen molar-refractivity contribution < 1.29 is 0 Å². The SMILES string of the molecule is CCCCN(CCC(C)CCBr)C(C)CC. The highest BCUT2D eigenvalue weighted by atomic mass is 79.9. The first-order valence-corrected chi connectivity index (χ1v) is 8.07. The van der Waals surface area contributed by atoms with Crippen molar-refractivity contribution in [1.82, 2.24) is 4.90 Å². The average molecular weight is 292 g/mol. The predicted molar refractivity (Wildman–Crippen MR) is 78.4 cm³/mol. The molecule has 0 saturated heterocycles. The third-order valence-corrected chi connectivity index (χ3v) is 3.98. The topological polar surface area (TPSA) is 3.24 Å². The molecule has 98 valence electrons. The molecule has 0 rings (SSSR count). The molecular formula is C14H30BrN. The van der Waals surface area contributed by atoms with Crippen LogP contribution in [0.5, 0.6) is 0 Å². The van der Waals surface area contributed by atoms with Gasteiger partial charge in [0.1, 0.15) is 0 Å². The van der Waals surface area contributed by atoms with Gasteiger partial charge in [0.25, 0.3) is 0 Å². The summed E-state index contributed by atoms with van der Waals surface area (Å²) in [6.07, 6.45) is 6.58. The van der Waals surface area contributed by atoms with E-state index in [1.54, 1.807) is 0 Å². The Balaban J connectivity index is 3.90. The molecule has 0 spiro atoms. The summed E-state index contributed by atoms with van der Waals surface area (Å²) >= 11 is 3.53. The van der Waals surface area contributed by atoms with Gasteiger partial charge in [-0.05, 0) is 51.6 Å².